The Balaban J connectivity index is 2.23. The van der Waals surface area contributed by atoms with Crippen molar-refractivity contribution in [1.29, 1.82) is 0 Å². The lowest BCUT2D eigenvalue weighted by Gasteiger charge is -2.36. The van der Waals surface area contributed by atoms with Crippen LogP contribution in [0.15, 0.2) is 18.2 Å². The molecule has 100 valence electrons. The molecule has 1 saturated heterocycles. The lowest BCUT2D eigenvalue weighted by Crippen LogP contribution is -2.38. The molecule has 0 aliphatic carbocycles. The highest BCUT2D eigenvalue weighted by Gasteiger charge is 2.32. The summed E-state index contributed by atoms with van der Waals surface area (Å²) in [7, 11) is 1.69. The monoisotopic (exact) mass is 269 g/mol. The molecule has 4 heteroatoms. The molecule has 1 fully saturated rings. The molecule has 18 heavy (non-hydrogen) atoms. The molecule has 0 bridgehead atoms. The van der Waals surface area contributed by atoms with Gasteiger partial charge in [-0.25, -0.2) is 0 Å². The SMILES string of the molecule is COc1ccc(Cl)cc1CC1(CN)CCOCC1. The Bertz CT molecular complexity index is 403. The third-order valence-corrected chi connectivity index (χ3v) is 4.03. The van der Waals surface area contributed by atoms with Gasteiger partial charge in [0, 0.05) is 18.2 Å². The van der Waals surface area contributed by atoms with E-state index in [1.54, 1.807) is 7.11 Å². The van der Waals surface area contributed by atoms with Gasteiger partial charge in [0.2, 0.25) is 0 Å². The summed E-state index contributed by atoms with van der Waals surface area (Å²) in [6.07, 6.45) is 2.90. The first-order valence-corrected chi connectivity index (χ1v) is 6.67. The summed E-state index contributed by atoms with van der Waals surface area (Å²) < 4.78 is 10.8. The minimum Gasteiger partial charge on any atom is -0.496 e. The third kappa shape index (κ3) is 2.97. The molecule has 0 amide bonds. The summed E-state index contributed by atoms with van der Waals surface area (Å²) >= 11 is 6.07. The first-order chi connectivity index (χ1) is 8.69. The Morgan fingerprint density at radius 1 is 1.39 bits per heavy atom. The number of halogens is 1. The Morgan fingerprint density at radius 3 is 2.72 bits per heavy atom. The normalized spacial score (nSPS) is 18.6. The minimum absolute atomic E-state index is 0.121. The predicted octanol–water partition coefficient (Wildman–Crippen LogP) is 2.65. The van der Waals surface area contributed by atoms with E-state index in [2.05, 4.69) is 0 Å². The molecule has 3 nitrogen and oxygen atoms in total. The standard InChI is InChI=1S/C14H20ClNO2/c1-17-13-3-2-12(15)8-11(13)9-14(10-16)4-6-18-7-5-14/h2-3,8H,4-7,9-10,16H2,1H3. The topological polar surface area (TPSA) is 44.5 Å². The molecule has 0 saturated carbocycles. The molecule has 1 aliphatic heterocycles. The van der Waals surface area contributed by atoms with Crippen LogP contribution in [-0.4, -0.2) is 26.9 Å². The van der Waals surface area contributed by atoms with Crippen LogP contribution < -0.4 is 10.5 Å². The number of benzene rings is 1. The van der Waals surface area contributed by atoms with E-state index >= 15 is 0 Å². The fraction of sp³-hybridized carbons (Fsp3) is 0.571. The molecule has 1 heterocycles. The second-order valence-electron chi connectivity index (χ2n) is 4.95. The fourth-order valence-corrected chi connectivity index (χ4v) is 2.74. The Kier molecular flexibility index (Phi) is 4.49. The minimum atomic E-state index is 0.121. The van der Waals surface area contributed by atoms with Crippen LogP contribution in [0, 0.1) is 5.41 Å². The van der Waals surface area contributed by atoms with Gasteiger partial charge < -0.3 is 15.2 Å². The largest absolute Gasteiger partial charge is 0.496 e. The van der Waals surface area contributed by atoms with Gasteiger partial charge in [0.15, 0.2) is 0 Å². The smallest absolute Gasteiger partial charge is 0.122 e. The number of hydrogen-bond donors (Lipinski definition) is 1. The van der Waals surface area contributed by atoms with E-state index in [0.29, 0.717) is 6.54 Å². The van der Waals surface area contributed by atoms with Crippen molar-refractivity contribution in [2.24, 2.45) is 11.1 Å². The zero-order chi connectivity index (χ0) is 13.0. The maximum absolute atomic E-state index is 6.07. The van der Waals surface area contributed by atoms with Crippen LogP contribution >= 0.6 is 11.6 Å². The summed E-state index contributed by atoms with van der Waals surface area (Å²) in [4.78, 5) is 0. The summed E-state index contributed by atoms with van der Waals surface area (Å²) in [6, 6.07) is 5.75. The van der Waals surface area contributed by atoms with Crippen LogP contribution in [0.1, 0.15) is 18.4 Å². The van der Waals surface area contributed by atoms with Gasteiger partial charge in [0.25, 0.3) is 0 Å². The number of ether oxygens (including phenoxy) is 2. The van der Waals surface area contributed by atoms with Gasteiger partial charge in [-0.05, 0) is 55.0 Å². The number of rotatable bonds is 4. The van der Waals surface area contributed by atoms with E-state index in [4.69, 9.17) is 26.8 Å². The van der Waals surface area contributed by atoms with E-state index in [9.17, 15) is 0 Å². The molecular formula is C14H20ClNO2. The number of hydrogen-bond acceptors (Lipinski definition) is 3. The number of methoxy groups -OCH3 is 1. The van der Waals surface area contributed by atoms with Crippen molar-refractivity contribution in [3.63, 3.8) is 0 Å². The Morgan fingerprint density at radius 2 is 2.11 bits per heavy atom. The zero-order valence-corrected chi connectivity index (χ0v) is 11.5. The van der Waals surface area contributed by atoms with Crippen molar-refractivity contribution in [1.82, 2.24) is 0 Å². The predicted molar refractivity (Wildman–Crippen MR) is 73.2 cm³/mol. The van der Waals surface area contributed by atoms with Crippen molar-refractivity contribution in [2.75, 3.05) is 26.9 Å². The van der Waals surface area contributed by atoms with Crippen molar-refractivity contribution >= 4 is 11.6 Å². The molecule has 1 aliphatic rings. The number of nitrogens with two attached hydrogens (primary N) is 1. The molecule has 0 spiro atoms. The summed E-state index contributed by atoms with van der Waals surface area (Å²) in [5.74, 6) is 0.888. The van der Waals surface area contributed by atoms with E-state index in [-0.39, 0.29) is 5.41 Å². The van der Waals surface area contributed by atoms with E-state index in [0.717, 1.165) is 48.8 Å². The summed E-state index contributed by atoms with van der Waals surface area (Å²) in [6.45, 7) is 2.26. The second-order valence-corrected chi connectivity index (χ2v) is 5.39. The quantitative estimate of drug-likeness (QED) is 0.914. The molecule has 1 aromatic rings. The molecule has 0 unspecified atom stereocenters. The van der Waals surface area contributed by atoms with E-state index in [1.807, 2.05) is 18.2 Å². The van der Waals surface area contributed by atoms with Gasteiger partial charge in [-0.1, -0.05) is 11.6 Å². The summed E-state index contributed by atoms with van der Waals surface area (Å²) in [5, 5.41) is 0.741. The van der Waals surface area contributed by atoms with Crippen LogP contribution in [0.2, 0.25) is 5.02 Å². The van der Waals surface area contributed by atoms with Crippen LogP contribution in [0.4, 0.5) is 0 Å². The van der Waals surface area contributed by atoms with Crippen molar-refractivity contribution < 1.29 is 9.47 Å². The van der Waals surface area contributed by atoms with Gasteiger partial charge >= 0.3 is 0 Å². The van der Waals surface area contributed by atoms with Gasteiger partial charge in [0.1, 0.15) is 5.75 Å². The Hall–Kier alpha value is -0.770. The maximum atomic E-state index is 6.07. The Labute approximate surface area is 113 Å². The van der Waals surface area contributed by atoms with E-state index in [1.165, 1.54) is 0 Å². The molecule has 0 atom stereocenters. The molecule has 0 radical (unpaired) electrons. The molecule has 1 aromatic carbocycles. The molecular weight excluding hydrogens is 250 g/mol. The first kappa shape index (κ1) is 13.7. The average molecular weight is 270 g/mol. The van der Waals surface area contributed by atoms with Gasteiger partial charge in [-0.3, -0.25) is 0 Å². The highest BCUT2D eigenvalue weighted by atomic mass is 35.5. The lowest BCUT2D eigenvalue weighted by atomic mass is 9.75. The summed E-state index contributed by atoms with van der Waals surface area (Å²) in [5.41, 5.74) is 7.24. The second kappa shape index (κ2) is 5.91. The maximum Gasteiger partial charge on any atom is 0.122 e. The molecule has 2 N–H and O–H groups in total. The van der Waals surface area contributed by atoms with Crippen molar-refractivity contribution in [2.45, 2.75) is 19.3 Å². The van der Waals surface area contributed by atoms with Crippen molar-refractivity contribution in [3.8, 4) is 5.75 Å². The van der Waals surface area contributed by atoms with Crippen molar-refractivity contribution in [3.05, 3.63) is 28.8 Å². The molecule has 0 aromatic heterocycles. The average Bonchev–Trinajstić information content (AvgIpc) is 2.40. The highest BCUT2D eigenvalue weighted by molar-refractivity contribution is 6.30. The van der Waals surface area contributed by atoms with Gasteiger partial charge in [-0.2, -0.15) is 0 Å². The first-order valence-electron chi connectivity index (χ1n) is 6.29. The van der Waals surface area contributed by atoms with Crippen LogP contribution in [0.25, 0.3) is 0 Å². The van der Waals surface area contributed by atoms with Crippen LogP contribution in [-0.2, 0) is 11.2 Å². The third-order valence-electron chi connectivity index (χ3n) is 3.79. The lowest BCUT2D eigenvalue weighted by molar-refractivity contribution is 0.0189. The zero-order valence-electron chi connectivity index (χ0n) is 10.7. The van der Waals surface area contributed by atoms with E-state index < -0.39 is 0 Å². The van der Waals surface area contributed by atoms with Crippen LogP contribution in [0.3, 0.4) is 0 Å². The highest BCUT2D eigenvalue weighted by Crippen LogP contribution is 2.36. The van der Waals surface area contributed by atoms with Gasteiger partial charge in [0.05, 0.1) is 7.11 Å². The van der Waals surface area contributed by atoms with Gasteiger partial charge in [-0.15, -0.1) is 0 Å². The molecule has 2 rings (SSSR count). The fourth-order valence-electron chi connectivity index (χ4n) is 2.55. The van der Waals surface area contributed by atoms with Crippen LogP contribution in [0.5, 0.6) is 5.75 Å².